The van der Waals surface area contributed by atoms with Gasteiger partial charge in [0.25, 0.3) is 5.91 Å². The maximum absolute atomic E-state index is 12.2. The Morgan fingerprint density at radius 2 is 1.68 bits per heavy atom. The fourth-order valence-corrected chi connectivity index (χ4v) is 2.92. The van der Waals surface area contributed by atoms with Crippen molar-refractivity contribution in [3.05, 3.63) is 64.7 Å². The molecule has 2 unspecified atom stereocenters. The Morgan fingerprint density at radius 1 is 1.08 bits per heavy atom. The molecule has 2 aromatic rings. The van der Waals surface area contributed by atoms with Crippen LogP contribution in [0.5, 0.6) is 0 Å². The van der Waals surface area contributed by atoms with Gasteiger partial charge in [0.1, 0.15) is 11.0 Å². The molecule has 0 spiro atoms. The molecule has 0 radical (unpaired) electrons. The Kier molecular flexibility index (Phi) is 6.87. The third-order valence-corrected chi connectivity index (χ3v) is 4.97. The molecule has 0 bridgehead atoms. The molecule has 0 heterocycles. The maximum Gasteiger partial charge on any atom is 0.251 e. The predicted molar refractivity (Wildman–Crippen MR) is 98.8 cm³/mol. The molecular weight excluding hydrogens is 360 g/mol. The number of nitrogens with one attached hydrogen (secondary N) is 2. The second kappa shape index (κ2) is 8.89. The molecule has 2 atom stereocenters. The maximum atomic E-state index is 12.2. The molecule has 5 nitrogen and oxygen atoms in total. The van der Waals surface area contributed by atoms with Crippen LogP contribution in [0.2, 0.25) is 5.02 Å². The Bertz CT molecular complexity index is 776. The minimum Gasteiger partial charge on any atom is -0.343 e. The van der Waals surface area contributed by atoms with Crippen LogP contribution in [0, 0.1) is 0 Å². The molecular formula is C18H19ClN2O3S. The van der Waals surface area contributed by atoms with Gasteiger partial charge in [-0.1, -0.05) is 23.7 Å². The van der Waals surface area contributed by atoms with Gasteiger partial charge in [-0.15, -0.1) is 0 Å². The van der Waals surface area contributed by atoms with E-state index in [0.717, 1.165) is 5.56 Å². The van der Waals surface area contributed by atoms with Crippen LogP contribution in [0.1, 0.15) is 29.8 Å². The number of amides is 1. The smallest absolute Gasteiger partial charge is 0.251 e. The fourth-order valence-electron chi connectivity index (χ4n) is 1.95. The monoisotopic (exact) mass is 378 g/mol. The molecule has 1 amide bonds. The molecule has 0 aliphatic rings. The number of carbonyl (C=O) groups is 2. The lowest BCUT2D eigenvalue weighted by atomic mass is 10.1. The van der Waals surface area contributed by atoms with Crippen LogP contribution in [-0.2, 0) is 22.3 Å². The third-order valence-electron chi connectivity index (χ3n) is 3.61. The summed E-state index contributed by atoms with van der Waals surface area (Å²) in [7, 11) is -1.34. The van der Waals surface area contributed by atoms with Gasteiger partial charge in [-0.25, -0.2) is 8.93 Å². The highest BCUT2D eigenvalue weighted by atomic mass is 35.5. The third kappa shape index (κ3) is 5.77. The molecule has 132 valence electrons. The van der Waals surface area contributed by atoms with Crippen LogP contribution in [0.15, 0.2) is 53.4 Å². The molecule has 0 fully saturated rings. The molecule has 7 heteroatoms. The predicted octanol–water partition coefficient (Wildman–Crippen LogP) is 2.86. The van der Waals surface area contributed by atoms with Gasteiger partial charge in [0.05, 0.1) is 10.9 Å². The second-order valence-electron chi connectivity index (χ2n) is 5.55. The molecule has 0 saturated heterocycles. The van der Waals surface area contributed by atoms with Crippen molar-refractivity contribution in [3.63, 3.8) is 0 Å². The number of halogens is 1. The van der Waals surface area contributed by atoms with E-state index in [1.54, 1.807) is 55.5 Å². The van der Waals surface area contributed by atoms with E-state index in [1.807, 2.05) is 0 Å². The standard InChI is InChI=1S/C18H19ClN2O3S/c1-12(13(2)22)21-18(23)15-5-3-14(4-6-15)11-20-25(24)17-9-7-16(19)8-10-17/h3-10,12,20H,11H2,1-2H3,(H,21,23). The van der Waals surface area contributed by atoms with Crippen molar-refractivity contribution in [2.75, 3.05) is 0 Å². The summed E-state index contributed by atoms with van der Waals surface area (Å²) >= 11 is 5.81. The van der Waals surface area contributed by atoms with E-state index >= 15 is 0 Å². The highest BCUT2D eigenvalue weighted by molar-refractivity contribution is 7.83. The summed E-state index contributed by atoms with van der Waals surface area (Å²) in [5, 5.41) is 3.22. The van der Waals surface area contributed by atoms with Crippen molar-refractivity contribution in [2.45, 2.75) is 31.3 Å². The van der Waals surface area contributed by atoms with Crippen molar-refractivity contribution in [3.8, 4) is 0 Å². The van der Waals surface area contributed by atoms with Crippen LogP contribution in [0.25, 0.3) is 0 Å². The summed E-state index contributed by atoms with van der Waals surface area (Å²) in [5.41, 5.74) is 1.36. The number of hydrogen-bond donors (Lipinski definition) is 2. The average molecular weight is 379 g/mol. The zero-order valence-corrected chi connectivity index (χ0v) is 15.5. The first-order valence-electron chi connectivity index (χ1n) is 7.68. The van der Waals surface area contributed by atoms with Crippen LogP contribution in [-0.4, -0.2) is 21.9 Å². The fraction of sp³-hybridized carbons (Fsp3) is 0.222. The van der Waals surface area contributed by atoms with Crippen molar-refractivity contribution < 1.29 is 13.8 Å². The Labute approximate surface area is 154 Å². The van der Waals surface area contributed by atoms with E-state index < -0.39 is 17.0 Å². The SMILES string of the molecule is CC(=O)C(C)NC(=O)c1ccc(CNS(=O)c2ccc(Cl)cc2)cc1. The molecule has 0 saturated carbocycles. The van der Waals surface area contributed by atoms with E-state index in [2.05, 4.69) is 10.0 Å². The Morgan fingerprint density at radius 3 is 2.24 bits per heavy atom. The van der Waals surface area contributed by atoms with Crippen LogP contribution >= 0.6 is 11.6 Å². The molecule has 25 heavy (non-hydrogen) atoms. The van der Waals surface area contributed by atoms with E-state index in [1.165, 1.54) is 6.92 Å². The number of hydrogen-bond acceptors (Lipinski definition) is 3. The minimum atomic E-state index is -1.34. The van der Waals surface area contributed by atoms with E-state index in [0.29, 0.717) is 22.0 Å². The van der Waals surface area contributed by atoms with E-state index in [9.17, 15) is 13.8 Å². The normalized spacial score (nSPS) is 13.1. The highest BCUT2D eigenvalue weighted by Crippen LogP contribution is 2.12. The van der Waals surface area contributed by atoms with Gasteiger partial charge in [0.15, 0.2) is 5.78 Å². The summed E-state index contributed by atoms with van der Waals surface area (Å²) in [6.07, 6.45) is 0. The lowest BCUT2D eigenvalue weighted by Gasteiger charge is -2.11. The average Bonchev–Trinajstić information content (AvgIpc) is 2.60. The van der Waals surface area contributed by atoms with Gasteiger partial charge in [-0.2, -0.15) is 0 Å². The van der Waals surface area contributed by atoms with Gasteiger partial charge in [0.2, 0.25) is 0 Å². The van der Waals surface area contributed by atoms with Crippen LogP contribution in [0.3, 0.4) is 0 Å². The van der Waals surface area contributed by atoms with Crippen molar-refractivity contribution >= 4 is 34.3 Å². The quantitative estimate of drug-likeness (QED) is 0.777. The largest absolute Gasteiger partial charge is 0.343 e. The molecule has 0 aliphatic carbocycles. The molecule has 0 aromatic heterocycles. The van der Waals surface area contributed by atoms with Crippen LogP contribution in [0.4, 0.5) is 0 Å². The van der Waals surface area contributed by atoms with Gasteiger partial charge in [-0.3, -0.25) is 9.59 Å². The van der Waals surface area contributed by atoms with Crippen molar-refractivity contribution in [1.29, 1.82) is 0 Å². The molecule has 2 rings (SSSR count). The molecule has 2 N–H and O–H groups in total. The van der Waals surface area contributed by atoms with Gasteiger partial charge < -0.3 is 5.32 Å². The first kappa shape index (κ1) is 19.3. The highest BCUT2D eigenvalue weighted by Gasteiger charge is 2.12. The summed E-state index contributed by atoms with van der Waals surface area (Å²) < 4.78 is 15.1. The van der Waals surface area contributed by atoms with Crippen LogP contribution < -0.4 is 10.0 Å². The summed E-state index contributed by atoms with van der Waals surface area (Å²) in [5.74, 6) is -0.397. The van der Waals surface area contributed by atoms with Gasteiger partial charge in [0, 0.05) is 17.1 Å². The summed E-state index contributed by atoms with van der Waals surface area (Å²) in [4.78, 5) is 23.8. The number of rotatable bonds is 7. The van der Waals surface area contributed by atoms with E-state index in [4.69, 9.17) is 11.6 Å². The zero-order chi connectivity index (χ0) is 18.4. The second-order valence-corrected chi connectivity index (χ2v) is 7.28. The minimum absolute atomic E-state index is 0.0983. The zero-order valence-electron chi connectivity index (χ0n) is 13.9. The van der Waals surface area contributed by atoms with Crippen molar-refractivity contribution in [1.82, 2.24) is 10.0 Å². The number of carbonyl (C=O) groups excluding carboxylic acids is 2. The number of benzene rings is 2. The summed E-state index contributed by atoms with van der Waals surface area (Å²) in [6.45, 7) is 3.46. The molecule has 0 aliphatic heterocycles. The molecule has 2 aromatic carbocycles. The van der Waals surface area contributed by atoms with Gasteiger partial charge in [-0.05, 0) is 55.8 Å². The lowest BCUT2D eigenvalue weighted by Crippen LogP contribution is -2.37. The topological polar surface area (TPSA) is 75.3 Å². The Balaban J connectivity index is 1.91. The first-order chi connectivity index (χ1) is 11.9. The van der Waals surface area contributed by atoms with Gasteiger partial charge >= 0.3 is 0 Å². The lowest BCUT2D eigenvalue weighted by molar-refractivity contribution is -0.118. The van der Waals surface area contributed by atoms with E-state index in [-0.39, 0.29) is 11.7 Å². The Hall–Kier alpha value is -2.02. The van der Waals surface area contributed by atoms with Crippen molar-refractivity contribution in [2.24, 2.45) is 0 Å². The summed E-state index contributed by atoms with van der Waals surface area (Å²) in [6, 6.07) is 13.2. The number of Topliss-reactive ketones (excluding diaryl/α,β-unsaturated/α-hetero) is 1. The first-order valence-corrected chi connectivity index (χ1v) is 9.20. The number of ketones is 1.